The second-order valence-corrected chi connectivity index (χ2v) is 12.2. The van der Waals surface area contributed by atoms with Crippen LogP contribution in [-0.2, 0) is 4.74 Å². The van der Waals surface area contributed by atoms with E-state index >= 15 is 4.39 Å². The van der Waals surface area contributed by atoms with Crippen LogP contribution in [0, 0.1) is 5.82 Å². The minimum Gasteiger partial charge on any atom is -0.461 e. The van der Waals surface area contributed by atoms with Crippen LogP contribution in [0.5, 0.6) is 6.01 Å². The Morgan fingerprint density at radius 3 is 2.65 bits per heavy atom. The smallest absolute Gasteiger partial charge is 0.319 e. The number of rotatable bonds is 5. The number of nitrogens with zero attached hydrogens (tertiary/aromatic N) is 6. The van der Waals surface area contributed by atoms with E-state index < -0.39 is 5.82 Å². The molecular weight excluding hydrogens is 533 g/mol. The Morgan fingerprint density at radius 1 is 1.02 bits per heavy atom. The molecule has 1 atom stereocenters. The second-order valence-electron chi connectivity index (χ2n) is 11.8. The highest BCUT2D eigenvalue weighted by Gasteiger charge is 2.45. The topological polar surface area (TPSA) is 92.3 Å². The van der Waals surface area contributed by atoms with Gasteiger partial charge in [-0.1, -0.05) is 11.6 Å². The molecule has 4 aliphatic rings. The maximum Gasteiger partial charge on any atom is 0.319 e. The minimum absolute atomic E-state index is 0.0308. The molecule has 0 radical (unpaired) electrons. The predicted molar refractivity (Wildman–Crippen MR) is 150 cm³/mol. The molecule has 1 unspecified atom stereocenters. The average molecular weight is 564 g/mol. The van der Waals surface area contributed by atoms with Gasteiger partial charge in [-0.05, 0) is 63.7 Å². The number of anilines is 1. The van der Waals surface area contributed by atoms with Crippen molar-refractivity contribution in [1.29, 1.82) is 0 Å². The summed E-state index contributed by atoms with van der Waals surface area (Å²) in [6.45, 7) is 5.02. The number of ether oxygens (including phenoxy) is 2. The van der Waals surface area contributed by atoms with E-state index in [1.807, 2.05) is 0 Å². The summed E-state index contributed by atoms with van der Waals surface area (Å²) in [5.41, 5.74) is 1.53. The van der Waals surface area contributed by atoms with Crippen molar-refractivity contribution in [2.45, 2.75) is 56.1 Å². The van der Waals surface area contributed by atoms with Crippen molar-refractivity contribution in [2.75, 3.05) is 44.3 Å². The Balaban J connectivity index is 1.24. The summed E-state index contributed by atoms with van der Waals surface area (Å²) < 4.78 is 28.9. The van der Waals surface area contributed by atoms with Crippen molar-refractivity contribution in [3.05, 3.63) is 35.4 Å². The molecule has 40 heavy (non-hydrogen) atoms. The fourth-order valence-corrected chi connectivity index (χ4v) is 7.60. The number of nitrogens with one attached hydrogen (secondary N) is 1. The maximum atomic E-state index is 16.5. The van der Waals surface area contributed by atoms with E-state index in [1.54, 1.807) is 24.5 Å². The Kier molecular flexibility index (Phi) is 5.69. The van der Waals surface area contributed by atoms with Gasteiger partial charge < -0.3 is 14.4 Å². The van der Waals surface area contributed by atoms with Gasteiger partial charge in [0, 0.05) is 41.7 Å². The molecular formula is C29H31ClFN7O2. The number of hydrogen-bond acceptors (Lipinski definition) is 8. The lowest BCUT2D eigenvalue weighted by Gasteiger charge is -2.48. The van der Waals surface area contributed by atoms with Crippen LogP contribution in [0.15, 0.2) is 24.5 Å². The highest BCUT2D eigenvalue weighted by Crippen LogP contribution is 2.42. The molecule has 4 fully saturated rings. The summed E-state index contributed by atoms with van der Waals surface area (Å²) in [6.07, 6.45) is 10.9. The van der Waals surface area contributed by atoms with Crippen LogP contribution in [0.2, 0.25) is 5.02 Å². The molecule has 208 valence electrons. The Bertz CT molecular complexity index is 1610. The summed E-state index contributed by atoms with van der Waals surface area (Å²) >= 11 is 6.38. The number of aromatic nitrogens is 5. The number of fused-ring (bicyclic) bond motifs is 3. The fourth-order valence-electron chi connectivity index (χ4n) is 7.38. The summed E-state index contributed by atoms with van der Waals surface area (Å²) in [5, 5.41) is 8.81. The van der Waals surface area contributed by atoms with E-state index in [9.17, 15) is 0 Å². The number of benzene rings is 1. The zero-order valence-electron chi connectivity index (χ0n) is 22.3. The number of H-pyrrole nitrogens is 1. The van der Waals surface area contributed by atoms with Crippen LogP contribution in [0.1, 0.15) is 44.9 Å². The maximum absolute atomic E-state index is 16.5. The van der Waals surface area contributed by atoms with Gasteiger partial charge >= 0.3 is 6.01 Å². The van der Waals surface area contributed by atoms with E-state index in [1.165, 1.54) is 12.8 Å². The lowest BCUT2D eigenvalue weighted by molar-refractivity contribution is -0.151. The van der Waals surface area contributed by atoms with E-state index in [0.717, 1.165) is 63.7 Å². The molecule has 9 nitrogen and oxygen atoms in total. The van der Waals surface area contributed by atoms with Crippen LogP contribution in [0.4, 0.5) is 10.2 Å². The van der Waals surface area contributed by atoms with Crippen LogP contribution in [-0.4, -0.2) is 80.6 Å². The zero-order chi connectivity index (χ0) is 26.9. The molecule has 11 heteroatoms. The molecule has 1 aromatic carbocycles. The lowest BCUT2D eigenvalue weighted by Crippen LogP contribution is -2.56. The van der Waals surface area contributed by atoms with Crippen molar-refractivity contribution in [3.8, 4) is 17.3 Å². The molecule has 4 aliphatic heterocycles. The van der Waals surface area contributed by atoms with E-state index in [-0.39, 0.29) is 28.4 Å². The molecule has 7 heterocycles. The molecule has 0 saturated carbocycles. The SMILES string of the molecule is Fc1c(-c2cc(Cl)cc3[nH]ncc23)ncc2c(N3CCCC4(CCO4)C3)nc(OCC34CCCN3CCC4)nc12. The molecule has 1 spiro atoms. The monoisotopic (exact) mass is 563 g/mol. The van der Waals surface area contributed by atoms with Crippen LogP contribution < -0.4 is 9.64 Å². The number of aromatic amines is 1. The number of piperidine rings is 1. The first kappa shape index (κ1) is 24.7. The van der Waals surface area contributed by atoms with Gasteiger partial charge in [0.1, 0.15) is 23.6 Å². The Morgan fingerprint density at radius 2 is 1.85 bits per heavy atom. The Labute approximate surface area is 236 Å². The van der Waals surface area contributed by atoms with Gasteiger partial charge in [0.25, 0.3) is 0 Å². The summed E-state index contributed by atoms with van der Waals surface area (Å²) in [4.78, 5) is 18.9. The molecule has 0 bridgehead atoms. The van der Waals surface area contributed by atoms with Gasteiger partial charge in [-0.15, -0.1) is 0 Å². The van der Waals surface area contributed by atoms with Crippen LogP contribution >= 0.6 is 11.6 Å². The first-order chi connectivity index (χ1) is 19.5. The highest BCUT2D eigenvalue weighted by atomic mass is 35.5. The number of pyridine rings is 1. The van der Waals surface area contributed by atoms with Crippen LogP contribution in [0.3, 0.4) is 0 Å². The molecule has 1 N–H and O–H groups in total. The van der Waals surface area contributed by atoms with Gasteiger partial charge in [0.2, 0.25) is 0 Å². The quantitative estimate of drug-likeness (QED) is 0.357. The van der Waals surface area contributed by atoms with E-state index in [0.29, 0.717) is 40.5 Å². The molecule has 0 amide bonds. The third-order valence-corrected chi connectivity index (χ3v) is 9.73. The summed E-state index contributed by atoms with van der Waals surface area (Å²) in [7, 11) is 0. The summed E-state index contributed by atoms with van der Waals surface area (Å²) in [6, 6.07) is 3.69. The largest absolute Gasteiger partial charge is 0.461 e. The molecule has 8 rings (SSSR count). The van der Waals surface area contributed by atoms with Gasteiger partial charge in [0.05, 0.1) is 34.8 Å². The normalized spacial score (nSPS) is 24.2. The zero-order valence-corrected chi connectivity index (χ0v) is 23.0. The van der Waals surface area contributed by atoms with Crippen molar-refractivity contribution in [2.24, 2.45) is 0 Å². The van der Waals surface area contributed by atoms with Crippen molar-refractivity contribution < 1.29 is 13.9 Å². The van der Waals surface area contributed by atoms with Crippen LogP contribution in [0.25, 0.3) is 33.1 Å². The number of halogens is 2. The number of hydrogen-bond donors (Lipinski definition) is 1. The van der Waals surface area contributed by atoms with Gasteiger partial charge in [-0.2, -0.15) is 15.1 Å². The molecule has 3 aromatic heterocycles. The van der Waals surface area contributed by atoms with E-state index in [4.69, 9.17) is 26.1 Å². The Hall–Kier alpha value is -3.08. The fraction of sp³-hybridized carbons (Fsp3) is 0.517. The van der Waals surface area contributed by atoms with Crippen molar-refractivity contribution >= 4 is 39.2 Å². The summed E-state index contributed by atoms with van der Waals surface area (Å²) in [5.74, 6) is 0.128. The molecule has 4 aromatic rings. The average Bonchev–Trinajstić information content (AvgIpc) is 3.67. The third-order valence-electron chi connectivity index (χ3n) is 9.51. The second kappa shape index (κ2) is 9.22. The molecule has 0 aliphatic carbocycles. The molecule has 4 saturated heterocycles. The van der Waals surface area contributed by atoms with Crippen molar-refractivity contribution in [3.63, 3.8) is 0 Å². The standard InChI is InChI=1S/C29H31ClFN7O2/c30-18-12-19(20-15-33-36-22(20)13-18)24-23(31)25-21(14-32-24)26(37-8-3-6-29(16-37)7-11-40-29)35-27(34-25)39-17-28-4-1-9-38(28)10-2-5-28/h12-15H,1-11,16-17H2,(H,33,36). The van der Waals surface area contributed by atoms with Gasteiger partial charge in [-0.25, -0.2) is 4.39 Å². The predicted octanol–water partition coefficient (Wildman–Crippen LogP) is 5.13. The first-order valence-corrected chi connectivity index (χ1v) is 14.7. The van der Waals surface area contributed by atoms with Gasteiger partial charge in [0.15, 0.2) is 5.82 Å². The lowest BCUT2D eigenvalue weighted by atomic mass is 9.86. The minimum atomic E-state index is -0.524. The highest BCUT2D eigenvalue weighted by molar-refractivity contribution is 6.31. The first-order valence-electron chi connectivity index (χ1n) is 14.3. The third kappa shape index (κ3) is 3.87. The van der Waals surface area contributed by atoms with Crippen molar-refractivity contribution in [1.82, 2.24) is 30.0 Å². The van der Waals surface area contributed by atoms with E-state index in [2.05, 4.69) is 30.0 Å². The van der Waals surface area contributed by atoms with Gasteiger partial charge in [-0.3, -0.25) is 15.0 Å².